The van der Waals surface area contributed by atoms with Gasteiger partial charge < -0.3 is 9.84 Å². The van der Waals surface area contributed by atoms with Gasteiger partial charge in [0.15, 0.2) is 6.10 Å². The third kappa shape index (κ3) is 2.27. The van der Waals surface area contributed by atoms with E-state index in [1.54, 1.807) is 18.2 Å². The first kappa shape index (κ1) is 10.4. The molecule has 3 nitrogen and oxygen atoms in total. The molecule has 0 spiro atoms. The Morgan fingerprint density at radius 2 is 2.00 bits per heavy atom. The Morgan fingerprint density at radius 3 is 2.53 bits per heavy atom. The third-order valence-electron chi connectivity index (χ3n) is 2.20. The van der Waals surface area contributed by atoms with Crippen LogP contribution in [0.5, 0.6) is 0 Å². The van der Waals surface area contributed by atoms with E-state index in [-0.39, 0.29) is 0 Å². The maximum Gasteiger partial charge on any atom is 0.331 e. The molecule has 0 aromatic heterocycles. The lowest BCUT2D eigenvalue weighted by Crippen LogP contribution is -2.18. The summed E-state index contributed by atoms with van der Waals surface area (Å²) in [5, 5.41) is 9.89. The molecule has 0 aliphatic carbocycles. The summed E-state index contributed by atoms with van der Waals surface area (Å²) < 4.78 is 5.84. The topological polar surface area (TPSA) is 46.5 Å². The molecule has 0 saturated carbocycles. The number of cyclic esters (lactones) is 1. The van der Waals surface area contributed by atoms with Crippen molar-refractivity contribution in [3.8, 4) is 0 Å². The van der Waals surface area contributed by atoms with Gasteiger partial charge in [-0.1, -0.05) is 28.1 Å². The van der Waals surface area contributed by atoms with Gasteiger partial charge in [-0.15, -0.1) is 0 Å². The highest BCUT2D eigenvalue weighted by atomic mass is 79.9. The summed E-state index contributed by atoms with van der Waals surface area (Å²) in [5.41, 5.74) is 0.725. The first-order valence-electron chi connectivity index (χ1n) is 4.49. The van der Waals surface area contributed by atoms with E-state index in [2.05, 4.69) is 15.9 Å². The van der Waals surface area contributed by atoms with Crippen molar-refractivity contribution >= 4 is 21.9 Å². The van der Waals surface area contributed by atoms with Gasteiger partial charge in [0.25, 0.3) is 0 Å². The zero-order chi connectivity index (χ0) is 10.8. The molecule has 0 fully saturated rings. The summed E-state index contributed by atoms with van der Waals surface area (Å²) in [4.78, 5) is 10.8. The van der Waals surface area contributed by atoms with Crippen molar-refractivity contribution in [2.24, 2.45) is 0 Å². The van der Waals surface area contributed by atoms with E-state index < -0.39 is 18.2 Å². The molecule has 1 aromatic rings. The molecule has 78 valence electrons. The smallest absolute Gasteiger partial charge is 0.331 e. The minimum absolute atomic E-state index is 0.406. The summed E-state index contributed by atoms with van der Waals surface area (Å²) in [5.74, 6) is -0.406. The van der Waals surface area contributed by atoms with Gasteiger partial charge in [0.2, 0.25) is 0 Å². The van der Waals surface area contributed by atoms with Gasteiger partial charge in [-0.25, -0.2) is 4.79 Å². The standard InChI is InChI=1S/C11H9BrO3/c12-8-3-1-7(2-4-8)11(14)9-5-6-10(13)15-9/h1-6,9,11,14H/t9-,11+/m1/s1. The van der Waals surface area contributed by atoms with Crippen LogP contribution in [-0.2, 0) is 9.53 Å². The first-order valence-corrected chi connectivity index (χ1v) is 5.28. The average molecular weight is 269 g/mol. The number of benzene rings is 1. The number of rotatable bonds is 2. The summed E-state index contributed by atoms with van der Waals surface area (Å²) >= 11 is 3.31. The van der Waals surface area contributed by atoms with E-state index in [1.807, 2.05) is 12.1 Å². The Labute approximate surface area is 95.5 Å². The van der Waals surface area contributed by atoms with Crippen molar-refractivity contribution in [1.82, 2.24) is 0 Å². The van der Waals surface area contributed by atoms with E-state index in [9.17, 15) is 9.90 Å². The monoisotopic (exact) mass is 268 g/mol. The van der Waals surface area contributed by atoms with Gasteiger partial charge in [0, 0.05) is 10.5 Å². The Balaban J connectivity index is 2.14. The highest BCUT2D eigenvalue weighted by Crippen LogP contribution is 2.24. The lowest BCUT2D eigenvalue weighted by atomic mass is 10.1. The number of carbonyl (C=O) groups excluding carboxylic acids is 1. The largest absolute Gasteiger partial charge is 0.452 e. The van der Waals surface area contributed by atoms with Crippen LogP contribution in [0.3, 0.4) is 0 Å². The van der Waals surface area contributed by atoms with Crippen LogP contribution in [0.4, 0.5) is 0 Å². The molecule has 0 bridgehead atoms. The van der Waals surface area contributed by atoms with E-state index in [0.717, 1.165) is 10.0 Å². The van der Waals surface area contributed by atoms with Gasteiger partial charge in [0.1, 0.15) is 6.10 Å². The fourth-order valence-electron chi connectivity index (χ4n) is 1.41. The zero-order valence-electron chi connectivity index (χ0n) is 7.76. The number of aliphatic hydroxyl groups is 1. The van der Waals surface area contributed by atoms with Gasteiger partial charge in [0.05, 0.1) is 0 Å². The molecular weight excluding hydrogens is 260 g/mol. The molecule has 2 rings (SSSR count). The average Bonchev–Trinajstić information content (AvgIpc) is 2.65. The molecule has 2 atom stereocenters. The first-order chi connectivity index (χ1) is 7.16. The maximum atomic E-state index is 10.8. The molecule has 15 heavy (non-hydrogen) atoms. The van der Waals surface area contributed by atoms with Crippen molar-refractivity contribution < 1.29 is 14.6 Å². The molecule has 0 unspecified atom stereocenters. The molecule has 0 radical (unpaired) electrons. The number of aliphatic hydroxyl groups excluding tert-OH is 1. The number of esters is 1. The Kier molecular flexibility index (Phi) is 2.88. The lowest BCUT2D eigenvalue weighted by molar-refractivity contribution is -0.142. The number of carbonyl (C=O) groups is 1. The predicted octanol–water partition coefficient (Wildman–Crippen LogP) is 1.96. The number of hydrogen-bond acceptors (Lipinski definition) is 3. The summed E-state index contributed by atoms with van der Waals surface area (Å²) in [6.45, 7) is 0. The minimum Gasteiger partial charge on any atom is -0.452 e. The Morgan fingerprint density at radius 1 is 1.33 bits per heavy atom. The fourth-order valence-corrected chi connectivity index (χ4v) is 1.67. The van der Waals surface area contributed by atoms with E-state index in [4.69, 9.17) is 4.74 Å². The summed E-state index contributed by atoms with van der Waals surface area (Å²) in [6, 6.07) is 7.24. The van der Waals surface area contributed by atoms with Crippen LogP contribution in [0.1, 0.15) is 11.7 Å². The Hall–Kier alpha value is -1.13. The van der Waals surface area contributed by atoms with Crippen molar-refractivity contribution in [3.05, 3.63) is 46.5 Å². The van der Waals surface area contributed by atoms with Crippen LogP contribution in [0.2, 0.25) is 0 Å². The van der Waals surface area contributed by atoms with Gasteiger partial charge in [-0.05, 0) is 23.8 Å². The van der Waals surface area contributed by atoms with Crippen molar-refractivity contribution in [3.63, 3.8) is 0 Å². The highest BCUT2D eigenvalue weighted by Gasteiger charge is 2.25. The third-order valence-corrected chi connectivity index (χ3v) is 2.73. The molecule has 4 heteroatoms. The fraction of sp³-hybridized carbons (Fsp3) is 0.182. The zero-order valence-corrected chi connectivity index (χ0v) is 9.35. The van der Waals surface area contributed by atoms with Crippen LogP contribution in [-0.4, -0.2) is 17.2 Å². The van der Waals surface area contributed by atoms with Crippen molar-refractivity contribution in [2.45, 2.75) is 12.2 Å². The van der Waals surface area contributed by atoms with Crippen molar-refractivity contribution in [2.75, 3.05) is 0 Å². The second-order valence-corrected chi connectivity index (χ2v) is 4.17. The van der Waals surface area contributed by atoms with Crippen LogP contribution < -0.4 is 0 Å². The molecule has 1 aliphatic heterocycles. The number of ether oxygens (including phenoxy) is 1. The molecule has 0 amide bonds. The van der Waals surface area contributed by atoms with E-state index in [0.29, 0.717) is 0 Å². The van der Waals surface area contributed by atoms with Crippen molar-refractivity contribution in [1.29, 1.82) is 0 Å². The van der Waals surface area contributed by atoms with E-state index in [1.165, 1.54) is 6.08 Å². The molecule has 1 aromatic carbocycles. The highest BCUT2D eigenvalue weighted by molar-refractivity contribution is 9.10. The van der Waals surface area contributed by atoms with Gasteiger partial charge in [-0.3, -0.25) is 0 Å². The number of halogens is 1. The quantitative estimate of drug-likeness (QED) is 0.835. The van der Waals surface area contributed by atoms with Crippen LogP contribution in [0, 0.1) is 0 Å². The molecule has 1 heterocycles. The normalized spacial score (nSPS) is 21.5. The molecule has 0 saturated heterocycles. The SMILES string of the molecule is O=C1C=C[C@H]([C@@H](O)c2ccc(Br)cc2)O1. The molecular formula is C11H9BrO3. The van der Waals surface area contributed by atoms with Crippen LogP contribution in [0.25, 0.3) is 0 Å². The van der Waals surface area contributed by atoms with Gasteiger partial charge >= 0.3 is 5.97 Å². The lowest BCUT2D eigenvalue weighted by Gasteiger charge is -2.16. The minimum atomic E-state index is -0.805. The summed E-state index contributed by atoms with van der Waals surface area (Å²) in [7, 11) is 0. The summed E-state index contributed by atoms with van der Waals surface area (Å²) in [6.07, 6.45) is 1.52. The molecule has 1 N–H and O–H groups in total. The van der Waals surface area contributed by atoms with Gasteiger partial charge in [-0.2, -0.15) is 0 Å². The predicted molar refractivity (Wildman–Crippen MR) is 58.1 cm³/mol. The molecule has 1 aliphatic rings. The Bertz CT molecular complexity index is 397. The maximum absolute atomic E-state index is 10.8. The second kappa shape index (κ2) is 4.16. The van der Waals surface area contributed by atoms with Crippen LogP contribution in [0.15, 0.2) is 40.9 Å². The van der Waals surface area contributed by atoms with Crippen LogP contribution >= 0.6 is 15.9 Å². The second-order valence-electron chi connectivity index (χ2n) is 3.26. The number of hydrogen-bond donors (Lipinski definition) is 1. The van der Waals surface area contributed by atoms with E-state index >= 15 is 0 Å².